The number of fused-ring (bicyclic) bond motifs is 1. The van der Waals surface area contributed by atoms with E-state index < -0.39 is 0 Å². The summed E-state index contributed by atoms with van der Waals surface area (Å²) in [5.41, 5.74) is 8.31. The van der Waals surface area contributed by atoms with Crippen LogP contribution in [0.1, 0.15) is 23.6 Å². The van der Waals surface area contributed by atoms with Crippen molar-refractivity contribution in [1.82, 2.24) is 5.32 Å². The molecule has 1 atom stereocenters. The van der Waals surface area contributed by atoms with Crippen LogP contribution in [-0.4, -0.2) is 25.7 Å². The zero-order valence-corrected chi connectivity index (χ0v) is 13.9. The van der Waals surface area contributed by atoms with Crippen LogP contribution in [0.5, 0.6) is 11.5 Å². The smallest absolute Gasteiger partial charge is 0.189 e. The molecule has 24 heavy (non-hydrogen) atoms. The van der Waals surface area contributed by atoms with E-state index in [1.165, 1.54) is 5.56 Å². The predicted molar refractivity (Wildman–Crippen MR) is 95.6 cm³/mol. The second kappa shape index (κ2) is 7.73. The Morgan fingerprint density at radius 1 is 1.29 bits per heavy atom. The van der Waals surface area contributed by atoms with Gasteiger partial charge >= 0.3 is 0 Å². The lowest BCUT2D eigenvalue weighted by Crippen LogP contribution is -2.37. The van der Waals surface area contributed by atoms with Crippen molar-refractivity contribution in [1.29, 1.82) is 0 Å². The number of benzene rings is 2. The van der Waals surface area contributed by atoms with E-state index in [1.807, 2.05) is 49.4 Å². The summed E-state index contributed by atoms with van der Waals surface area (Å²) in [6.07, 6.45) is 0.868. The topological polar surface area (TPSA) is 68.9 Å². The molecule has 1 unspecified atom stereocenters. The van der Waals surface area contributed by atoms with Gasteiger partial charge in [0.05, 0.1) is 19.2 Å². The van der Waals surface area contributed by atoms with Crippen LogP contribution in [0.25, 0.3) is 0 Å². The molecule has 5 nitrogen and oxygen atoms in total. The van der Waals surface area contributed by atoms with E-state index in [9.17, 15) is 0 Å². The van der Waals surface area contributed by atoms with Crippen LogP contribution in [-0.2, 0) is 0 Å². The van der Waals surface area contributed by atoms with E-state index in [2.05, 4.69) is 16.4 Å². The molecule has 0 spiro atoms. The quantitative estimate of drug-likeness (QED) is 0.504. The average Bonchev–Trinajstić information content (AvgIpc) is 2.59. The van der Waals surface area contributed by atoms with Crippen LogP contribution in [0.4, 0.5) is 0 Å². The lowest BCUT2D eigenvalue weighted by atomic mass is 10.0. The van der Waals surface area contributed by atoms with Gasteiger partial charge in [0.15, 0.2) is 5.96 Å². The fourth-order valence-electron chi connectivity index (χ4n) is 2.75. The van der Waals surface area contributed by atoms with Crippen LogP contribution >= 0.6 is 0 Å². The maximum atomic E-state index is 6.01. The summed E-state index contributed by atoms with van der Waals surface area (Å²) in [7, 11) is 0. The summed E-state index contributed by atoms with van der Waals surface area (Å²) in [4.78, 5) is 4.35. The molecule has 2 aromatic carbocycles. The molecule has 0 fully saturated rings. The van der Waals surface area contributed by atoms with Gasteiger partial charge in [0, 0.05) is 12.0 Å². The normalized spacial score (nSPS) is 16.9. The zero-order valence-electron chi connectivity index (χ0n) is 13.9. The number of hydrogen-bond donors (Lipinski definition) is 2. The van der Waals surface area contributed by atoms with Crippen molar-refractivity contribution in [2.75, 3.05) is 19.8 Å². The van der Waals surface area contributed by atoms with E-state index in [4.69, 9.17) is 15.2 Å². The molecule has 3 rings (SSSR count). The molecule has 0 aromatic heterocycles. The molecule has 3 N–H and O–H groups in total. The molecule has 0 saturated carbocycles. The van der Waals surface area contributed by atoms with Gasteiger partial charge in [-0.15, -0.1) is 0 Å². The first kappa shape index (κ1) is 16.2. The minimum absolute atomic E-state index is 0.136. The van der Waals surface area contributed by atoms with Crippen LogP contribution in [0, 0.1) is 6.92 Å². The lowest BCUT2D eigenvalue weighted by Gasteiger charge is -2.26. The summed E-state index contributed by atoms with van der Waals surface area (Å²) in [5.74, 6) is 2.21. The Morgan fingerprint density at radius 2 is 2.17 bits per heavy atom. The van der Waals surface area contributed by atoms with Crippen molar-refractivity contribution in [3.05, 3.63) is 59.7 Å². The molecule has 126 valence electrons. The SMILES string of the molecule is Cc1cccc(OCCN=C(N)NC2CCOc3ccccc32)c1. The maximum absolute atomic E-state index is 6.01. The molecular formula is C19H23N3O2. The van der Waals surface area contributed by atoms with Crippen molar-refractivity contribution < 1.29 is 9.47 Å². The third kappa shape index (κ3) is 4.19. The molecule has 1 aliphatic rings. The summed E-state index contributed by atoms with van der Waals surface area (Å²) >= 11 is 0. The van der Waals surface area contributed by atoms with Gasteiger partial charge in [0.25, 0.3) is 0 Å². The van der Waals surface area contributed by atoms with Crippen molar-refractivity contribution in [3.63, 3.8) is 0 Å². The molecule has 0 amide bonds. The molecule has 0 bridgehead atoms. The number of hydrogen-bond acceptors (Lipinski definition) is 3. The second-order valence-electron chi connectivity index (χ2n) is 5.80. The standard InChI is InChI=1S/C19H23N3O2/c1-14-5-4-6-15(13-14)23-12-10-21-19(20)22-17-9-11-24-18-8-3-2-7-16(17)18/h2-8,13,17H,9-12H2,1H3,(H3,20,21,22). The largest absolute Gasteiger partial charge is 0.493 e. The lowest BCUT2D eigenvalue weighted by molar-refractivity contribution is 0.262. The number of nitrogens with one attached hydrogen (secondary N) is 1. The third-order valence-corrected chi connectivity index (χ3v) is 3.91. The van der Waals surface area contributed by atoms with Gasteiger partial charge in [0.2, 0.25) is 0 Å². The van der Waals surface area contributed by atoms with Crippen LogP contribution in [0.3, 0.4) is 0 Å². The molecule has 1 aliphatic heterocycles. The van der Waals surface area contributed by atoms with Gasteiger partial charge in [-0.2, -0.15) is 0 Å². The summed E-state index contributed by atoms with van der Waals surface area (Å²) in [6.45, 7) is 3.73. The van der Waals surface area contributed by atoms with E-state index >= 15 is 0 Å². The number of nitrogens with zero attached hydrogens (tertiary/aromatic N) is 1. The Morgan fingerprint density at radius 3 is 3.04 bits per heavy atom. The van der Waals surface area contributed by atoms with Crippen molar-refractivity contribution >= 4 is 5.96 Å². The number of ether oxygens (including phenoxy) is 2. The molecule has 5 heteroatoms. The minimum atomic E-state index is 0.136. The second-order valence-corrected chi connectivity index (χ2v) is 5.80. The van der Waals surface area contributed by atoms with E-state index in [0.29, 0.717) is 25.7 Å². The monoisotopic (exact) mass is 325 g/mol. The van der Waals surface area contributed by atoms with Crippen molar-refractivity contribution in [2.45, 2.75) is 19.4 Å². The number of nitrogens with two attached hydrogens (primary N) is 1. The van der Waals surface area contributed by atoms with Crippen LogP contribution in [0.15, 0.2) is 53.5 Å². The van der Waals surface area contributed by atoms with E-state index in [1.54, 1.807) is 0 Å². The fourth-order valence-corrected chi connectivity index (χ4v) is 2.75. The summed E-state index contributed by atoms with van der Waals surface area (Å²) < 4.78 is 11.3. The van der Waals surface area contributed by atoms with Gasteiger partial charge < -0.3 is 20.5 Å². The number of aryl methyl sites for hydroxylation is 1. The number of guanidine groups is 1. The molecule has 1 heterocycles. The fraction of sp³-hybridized carbons (Fsp3) is 0.316. The molecule has 0 radical (unpaired) electrons. The molecule has 2 aromatic rings. The molecule has 0 saturated heterocycles. The van der Waals surface area contributed by atoms with Crippen molar-refractivity contribution in [3.8, 4) is 11.5 Å². The Balaban J connectivity index is 1.50. The maximum Gasteiger partial charge on any atom is 0.189 e. The molecule has 0 aliphatic carbocycles. The Hall–Kier alpha value is -2.69. The number of para-hydroxylation sites is 1. The highest BCUT2D eigenvalue weighted by Crippen LogP contribution is 2.31. The van der Waals surface area contributed by atoms with Gasteiger partial charge in [-0.05, 0) is 30.7 Å². The van der Waals surface area contributed by atoms with Crippen LogP contribution in [0.2, 0.25) is 0 Å². The van der Waals surface area contributed by atoms with Crippen LogP contribution < -0.4 is 20.5 Å². The van der Waals surface area contributed by atoms with Gasteiger partial charge in [-0.25, -0.2) is 4.99 Å². The first-order chi connectivity index (χ1) is 11.7. The van der Waals surface area contributed by atoms with Crippen molar-refractivity contribution in [2.24, 2.45) is 10.7 Å². The van der Waals surface area contributed by atoms with Gasteiger partial charge in [-0.3, -0.25) is 0 Å². The first-order valence-electron chi connectivity index (χ1n) is 8.20. The van der Waals surface area contributed by atoms with Gasteiger partial charge in [0.1, 0.15) is 18.1 Å². The van der Waals surface area contributed by atoms with E-state index in [-0.39, 0.29) is 6.04 Å². The molecular weight excluding hydrogens is 302 g/mol. The highest BCUT2D eigenvalue weighted by Gasteiger charge is 2.21. The Bertz CT molecular complexity index is 715. The Kier molecular flexibility index (Phi) is 5.21. The minimum Gasteiger partial charge on any atom is -0.493 e. The highest BCUT2D eigenvalue weighted by atomic mass is 16.5. The van der Waals surface area contributed by atoms with E-state index in [0.717, 1.165) is 23.5 Å². The average molecular weight is 325 g/mol. The Labute approximate surface area is 142 Å². The zero-order chi connectivity index (χ0) is 16.8. The first-order valence-corrected chi connectivity index (χ1v) is 8.20. The summed E-state index contributed by atoms with van der Waals surface area (Å²) in [5, 5.41) is 3.28. The highest BCUT2D eigenvalue weighted by molar-refractivity contribution is 5.78. The third-order valence-electron chi connectivity index (χ3n) is 3.91. The number of aliphatic imine (C=N–C) groups is 1. The predicted octanol–water partition coefficient (Wildman–Crippen LogP) is 2.80. The van der Waals surface area contributed by atoms with Gasteiger partial charge in [-0.1, -0.05) is 30.3 Å². The summed E-state index contributed by atoms with van der Waals surface area (Å²) in [6, 6.07) is 16.1. The number of rotatable bonds is 5.